The monoisotopic (exact) mass is 288 g/mol. The minimum atomic E-state index is -0.541. The van der Waals surface area contributed by atoms with Crippen LogP contribution in [0.2, 0.25) is 0 Å². The Morgan fingerprint density at radius 2 is 1.76 bits per heavy atom. The third kappa shape index (κ3) is 3.81. The average molecular weight is 288 g/mol. The second kappa shape index (κ2) is 6.88. The number of Topliss-reactive ketones (excluding diaryl/α,β-unsaturated/α-hetero) is 1. The molecule has 0 atom stereocenters. The first-order valence-corrected chi connectivity index (χ1v) is 6.63. The number of methoxy groups -OCH3 is 1. The fourth-order valence-electron chi connectivity index (χ4n) is 2.03. The van der Waals surface area contributed by atoms with E-state index in [0.29, 0.717) is 5.75 Å². The van der Waals surface area contributed by atoms with Gasteiger partial charge in [0.1, 0.15) is 18.1 Å². The Bertz CT molecular complexity index is 623. The lowest BCUT2D eigenvalue weighted by Crippen LogP contribution is -2.05. The normalized spacial score (nSPS) is 10.2. The van der Waals surface area contributed by atoms with Crippen LogP contribution >= 0.6 is 0 Å². The Balaban J connectivity index is 2.22. The maximum absolute atomic E-state index is 14.4. The maximum atomic E-state index is 14.4. The summed E-state index contributed by atoms with van der Waals surface area (Å²) in [6, 6.07) is 12.6. The molecule has 0 heterocycles. The van der Waals surface area contributed by atoms with Crippen molar-refractivity contribution in [2.24, 2.45) is 0 Å². The Labute approximate surface area is 123 Å². The highest BCUT2D eigenvalue weighted by atomic mass is 19.1. The van der Waals surface area contributed by atoms with Crippen LogP contribution in [-0.4, -0.2) is 12.9 Å². The summed E-state index contributed by atoms with van der Waals surface area (Å²) < 4.78 is 25.0. The Hall–Kier alpha value is -2.36. The lowest BCUT2D eigenvalue weighted by Gasteiger charge is -2.13. The van der Waals surface area contributed by atoms with E-state index in [9.17, 15) is 9.18 Å². The van der Waals surface area contributed by atoms with E-state index in [1.54, 1.807) is 6.07 Å². The number of hydrogen-bond donors (Lipinski definition) is 0. The summed E-state index contributed by atoms with van der Waals surface area (Å²) >= 11 is 0. The van der Waals surface area contributed by atoms with Crippen molar-refractivity contribution in [2.45, 2.75) is 20.0 Å². The molecule has 0 N–H and O–H groups in total. The van der Waals surface area contributed by atoms with Crippen molar-refractivity contribution in [3.05, 3.63) is 59.4 Å². The van der Waals surface area contributed by atoms with Gasteiger partial charge in [-0.05, 0) is 24.6 Å². The molecule has 0 aromatic heterocycles. The van der Waals surface area contributed by atoms with Gasteiger partial charge >= 0.3 is 0 Å². The minimum Gasteiger partial charge on any atom is -0.496 e. The zero-order chi connectivity index (χ0) is 15.2. The third-order valence-corrected chi connectivity index (χ3v) is 3.05. The van der Waals surface area contributed by atoms with Gasteiger partial charge in [-0.2, -0.15) is 0 Å². The van der Waals surface area contributed by atoms with Crippen molar-refractivity contribution in [1.82, 2.24) is 0 Å². The highest BCUT2D eigenvalue weighted by molar-refractivity contribution is 5.79. The standard InChI is InChI=1S/C17H17FO3/c1-12(19)10-14-15(20-2)8-9-16(17(14)18)21-11-13-6-4-3-5-7-13/h3-9H,10-11H2,1-2H3. The summed E-state index contributed by atoms with van der Waals surface area (Å²) in [6.07, 6.45) is -0.0163. The minimum absolute atomic E-state index is 0.0163. The Kier molecular flexibility index (Phi) is 4.93. The van der Waals surface area contributed by atoms with Crippen LogP contribution in [-0.2, 0) is 17.8 Å². The average Bonchev–Trinajstić information content (AvgIpc) is 2.49. The van der Waals surface area contributed by atoms with Crippen molar-refractivity contribution in [2.75, 3.05) is 7.11 Å². The number of benzene rings is 2. The topological polar surface area (TPSA) is 35.5 Å². The fraction of sp³-hybridized carbons (Fsp3) is 0.235. The van der Waals surface area contributed by atoms with Crippen LogP contribution < -0.4 is 9.47 Å². The van der Waals surface area contributed by atoms with Gasteiger partial charge in [0.25, 0.3) is 0 Å². The summed E-state index contributed by atoms with van der Waals surface area (Å²) in [5.74, 6) is -0.196. The van der Waals surface area contributed by atoms with Gasteiger partial charge in [-0.3, -0.25) is 4.79 Å². The van der Waals surface area contributed by atoms with Gasteiger partial charge in [-0.15, -0.1) is 0 Å². The first kappa shape index (κ1) is 15.0. The molecule has 0 aliphatic carbocycles. The second-order valence-corrected chi connectivity index (χ2v) is 4.71. The molecule has 0 amide bonds. The highest BCUT2D eigenvalue weighted by Crippen LogP contribution is 2.30. The quantitative estimate of drug-likeness (QED) is 0.815. The molecular weight excluding hydrogens is 271 g/mol. The predicted octanol–water partition coefficient (Wildman–Crippen LogP) is 3.54. The van der Waals surface area contributed by atoms with Crippen molar-refractivity contribution >= 4 is 5.78 Å². The van der Waals surface area contributed by atoms with Gasteiger partial charge < -0.3 is 9.47 Å². The van der Waals surface area contributed by atoms with Crippen molar-refractivity contribution in [3.8, 4) is 11.5 Å². The molecule has 2 aromatic rings. The van der Waals surface area contributed by atoms with E-state index >= 15 is 0 Å². The largest absolute Gasteiger partial charge is 0.496 e. The molecule has 3 nitrogen and oxygen atoms in total. The lowest BCUT2D eigenvalue weighted by molar-refractivity contribution is -0.116. The first-order chi connectivity index (χ1) is 10.1. The lowest BCUT2D eigenvalue weighted by atomic mass is 10.1. The fourth-order valence-corrected chi connectivity index (χ4v) is 2.03. The number of halogens is 1. The van der Waals surface area contributed by atoms with E-state index in [1.807, 2.05) is 30.3 Å². The SMILES string of the molecule is COc1ccc(OCc2ccccc2)c(F)c1CC(C)=O. The van der Waals surface area contributed by atoms with Gasteiger partial charge in [-0.25, -0.2) is 4.39 Å². The molecule has 110 valence electrons. The van der Waals surface area contributed by atoms with Crippen LogP contribution in [0.4, 0.5) is 4.39 Å². The second-order valence-electron chi connectivity index (χ2n) is 4.71. The molecule has 0 radical (unpaired) electrons. The zero-order valence-electron chi connectivity index (χ0n) is 12.1. The van der Waals surface area contributed by atoms with E-state index in [2.05, 4.69) is 0 Å². The summed E-state index contributed by atoms with van der Waals surface area (Å²) in [7, 11) is 1.45. The molecule has 2 aromatic carbocycles. The number of rotatable bonds is 6. The molecule has 4 heteroatoms. The van der Waals surface area contributed by atoms with Crippen LogP contribution in [0.5, 0.6) is 11.5 Å². The number of carbonyl (C=O) groups is 1. The van der Waals surface area contributed by atoms with Gasteiger partial charge in [0.2, 0.25) is 0 Å². The van der Waals surface area contributed by atoms with Crippen LogP contribution in [0.1, 0.15) is 18.1 Å². The molecule has 0 aliphatic rings. The highest BCUT2D eigenvalue weighted by Gasteiger charge is 2.16. The number of carbonyl (C=O) groups excluding carboxylic acids is 1. The van der Waals surface area contributed by atoms with Crippen LogP contribution in [0.25, 0.3) is 0 Å². The molecule has 0 fully saturated rings. The smallest absolute Gasteiger partial charge is 0.172 e. The molecular formula is C17H17FO3. The van der Waals surface area contributed by atoms with Crippen LogP contribution in [0, 0.1) is 5.82 Å². The summed E-state index contributed by atoms with van der Waals surface area (Å²) in [5, 5.41) is 0. The third-order valence-electron chi connectivity index (χ3n) is 3.05. The molecule has 21 heavy (non-hydrogen) atoms. The van der Waals surface area contributed by atoms with Crippen LogP contribution in [0.15, 0.2) is 42.5 Å². The first-order valence-electron chi connectivity index (χ1n) is 6.63. The molecule has 0 spiro atoms. The van der Waals surface area contributed by atoms with Gasteiger partial charge in [0.15, 0.2) is 11.6 Å². The molecule has 2 rings (SSSR count). The number of ether oxygens (including phenoxy) is 2. The van der Waals surface area contributed by atoms with Gasteiger partial charge in [0.05, 0.1) is 7.11 Å². The summed E-state index contributed by atoms with van der Waals surface area (Å²) in [6.45, 7) is 1.68. The Morgan fingerprint density at radius 1 is 1.10 bits per heavy atom. The van der Waals surface area contributed by atoms with Crippen molar-refractivity contribution in [3.63, 3.8) is 0 Å². The summed E-state index contributed by atoms with van der Waals surface area (Å²) in [5.41, 5.74) is 1.18. The maximum Gasteiger partial charge on any atom is 0.172 e. The summed E-state index contributed by atoms with van der Waals surface area (Å²) in [4.78, 5) is 11.3. The van der Waals surface area contributed by atoms with Crippen molar-refractivity contribution in [1.29, 1.82) is 0 Å². The van der Waals surface area contributed by atoms with Crippen LogP contribution in [0.3, 0.4) is 0 Å². The predicted molar refractivity (Wildman–Crippen MR) is 78.1 cm³/mol. The van der Waals surface area contributed by atoms with Gasteiger partial charge in [0, 0.05) is 12.0 Å². The molecule has 0 saturated carbocycles. The number of ketones is 1. The van der Waals surface area contributed by atoms with E-state index < -0.39 is 5.82 Å². The number of hydrogen-bond acceptors (Lipinski definition) is 3. The van der Waals surface area contributed by atoms with E-state index in [0.717, 1.165) is 5.56 Å². The van der Waals surface area contributed by atoms with Gasteiger partial charge in [-0.1, -0.05) is 30.3 Å². The van der Waals surface area contributed by atoms with E-state index in [4.69, 9.17) is 9.47 Å². The zero-order valence-corrected chi connectivity index (χ0v) is 12.1. The molecule has 0 aliphatic heterocycles. The van der Waals surface area contributed by atoms with Crippen molar-refractivity contribution < 1.29 is 18.7 Å². The van der Waals surface area contributed by atoms with E-state index in [-0.39, 0.29) is 30.1 Å². The molecule has 0 saturated heterocycles. The molecule has 0 bridgehead atoms. The Morgan fingerprint density at radius 3 is 2.38 bits per heavy atom. The van der Waals surface area contributed by atoms with E-state index in [1.165, 1.54) is 20.1 Å². The molecule has 0 unspecified atom stereocenters.